The minimum atomic E-state index is -2.95. The van der Waals surface area contributed by atoms with Crippen molar-refractivity contribution in [2.24, 2.45) is 0 Å². The molecule has 0 atom stereocenters. The molecule has 3 aromatic rings. The van der Waals surface area contributed by atoms with E-state index >= 15 is 0 Å². The minimum Gasteiger partial charge on any atom is -0.435 e. The SMILES string of the molecule is CCN(Cc1nc2ccccc2c(=O)[nH]1)C(=O)Nc1cccc(OC(F)F)c1. The fourth-order valence-electron chi connectivity index (χ4n) is 2.67. The number of para-hydroxylation sites is 1. The number of nitrogens with one attached hydrogen (secondary N) is 2. The average Bonchev–Trinajstić information content (AvgIpc) is 2.66. The van der Waals surface area contributed by atoms with E-state index in [1.807, 2.05) is 0 Å². The topological polar surface area (TPSA) is 87.3 Å². The lowest BCUT2D eigenvalue weighted by molar-refractivity contribution is -0.0497. The largest absolute Gasteiger partial charge is 0.435 e. The van der Waals surface area contributed by atoms with Gasteiger partial charge in [0.1, 0.15) is 11.6 Å². The Balaban J connectivity index is 1.75. The number of hydrogen-bond acceptors (Lipinski definition) is 4. The predicted molar refractivity (Wildman–Crippen MR) is 101 cm³/mol. The molecule has 7 nitrogen and oxygen atoms in total. The van der Waals surface area contributed by atoms with Crippen molar-refractivity contribution < 1.29 is 18.3 Å². The predicted octanol–water partition coefficient (Wildman–Crippen LogP) is 3.58. The van der Waals surface area contributed by atoms with Crippen LogP contribution in [0.2, 0.25) is 0 Å². The van der Waals surface area contributed by atoms with E-state index in [4.69, 9.17) is 0 Å². The zero-order valence-electron chi connectivity index (χ0n) is 15.0. The number of ether oxygens (including phenoxy) is 1. The molecule has 9 heteroatoms. The van der Waals surface area contributed by atoms with Crippen molar-refractivity contribution in [2.45, 2.75) is 20.1 Å². The van der Waals surface area contributed by atoms with E-state index in [9.17, 15) is 18.4 Å². The molecular formula is C19H18F2N4O3. The van der Waals surface area contributed by atoms with Gasteiger partial charge < -0.3 is 19.9 Å². The van der Waals surface area contributed by atoms with Crippen molar-refractivity contribution >= 4 is 22.6 Å². The quantitative estimate of drug-likeness (QED) is 0.676. The number of carbonyl (C=O) groups excluding carboxylic acids is 1. The molecule has 0 aliphatic carbocycles. The molecule has 0 saturated heterocycles. The Kier molecular flexibility index (Phi) is 5.83. The second-order valence-corrected chi connectivity index (χ2v) is 5.88. The maximum atomic E-state index is 12.5. The molecule has 1 aromatic heterocycles. The number of amides is 2. The van der Waals surface area contributed by atoms with Crippen LogP contribution in [0.5, 0.6) is 5.75 Å². The van der Waals surface area contributed by atoms with Crippen molar-refractivity contribution in [3.05, 3.63) is 64.7 Å². The number of aromatic amines is 1. The summed E-state index contributed by atoms with van der Waals surface area (Å²) in [7, 11) is 0. The Bertz CT molecular complexity index is 1040. The molecule has 0 saturated carbocycles. The number of aromatic nitrogens is 2. The standard InChI is InChI=1S/C19H18F2N4O3/c1-2-25(11-16-23-15-9-4-3-8-14(15)17(26)24-16)19(27)22-12-6-5-7-13(10-12)28-18(20)21/h3-10,18H,2,11H2,1H3,(H,22,27)(H,23,24,26). The number of alkyl halides is 2. The summed E-state index contributed by atoms with van der Waals surface area (Å²) in [6.07, 6.45) is 0. The summed E-state index contributed by atoms with van der Waals surface area (Å²) in [4.78, 5) is 33.2. The highest BCUT2D eigenvalue weighted by molar-refractivity contribution is 5.89. The molecule has 28 heavy (non-hydrogen) atoms. The van der Waals surface area contributed by atoms with Gasteiger partial charge in [0.25, 0.3) is 5.56 Å². The monoisotopic (exact) mass is 388 g/mol. The maximum Gasteiger partial charge on any atom is 0.387 e. The summed E-state index contributed by atoms with van der Waals surface area (Å²) in [5, 5.41) is 3.09. The van der Waals surface area contributed by atoms with E-state index in [-0.39, 0.29) is 17.9 Å². The van der Waals surface area contributed by atoms with Gasteiger partial charge in [-0.2, -0.15) is 8.78 Å². The van der Waals surface area contributed by atoms with E-state index < -0.39 is 12.6 Å². The third kappa shape index (κ3) is 4.61. The Hall–Kier alpha value is -3.49. The zero-order valence-corrected chi connectivity index (χ0v) is 15.0. The molecule has 1 heterocycles. The van der Waals surface area contributed by atoms with Gasteiger partial charge >= 0.3 is 12.6 Å². The summed E-state index contributed by atoms with van der Waals surface area (Å²) in [6, 6.07) is 12.2. The summed E-state index contributed by atoms with van der Waals surface area (Å²) < 4.78 is 29.0. The Morgan fingerprint density at radius 3 is 2.79 bits per heavy atom. The first-order valence-corrected chi connectivity index (χ1v) is 8.55. The number of carbonyl (C=O) groups is 1. The lowest BCUT2D eigenvalue weighted by Gasteiger charge is -2.21. The molecule has 0 aliphatic rings. The fourth-order valence-corrected chi connectivity index (χ4v) is 2.67. The number of urea groups is 1. The molecular weight excluding hydrogens is 370 g/mol. The molecule has 0 unspecified atom stereocenters. The van der Waals surface area contributed by atoms with Gasteiger partial charge in [-0.05, 0) is 31.2 Å². The normalized spacial score (nSPS) is 10.9. The number of benzene rings is 2. The van der Waals surface area contributed by atoms with Gasteiger partial charge in [0.05, 0.1) is 17.4 Å². The zero-order chi connectivity index (χ0) is 20.1. The van der Waals surface area contributed by atoms with Crippen LogP contribution in [0.3, 0.4) is 0 Å². The molecule has 0 radical (unpaired) electrons. The number of fused-ring (bicyclic) bond motifs is 1. The highest BCUT2D eigenvalue weighted by Gasteiger charge is 2.15. The third-order valence-electron chi connectivity index (χ3n) is 3.98. The van der Waals surface area contributed by atoms with Crippen LogP contribution < -0.4 is 15.6 Å². The molecule has 3 rings (SSSR count). The van der Waals surface area contributed by atoms with Crippen LogP contribution >= 0.6 is 0 Å². The Labute approximate surface area is 159 Å². The second-order valence-electron chi connectivity index (χ2n) is 5.88. The maximum absolute atomic E-state index is 12.5. The van der Waals surface area contributed by atoms with E-state index in [2.05, 4.69) is 20.0 Å². The fraction of sp³-hybridized carbons (Fsp3) is 0.211. The highest BCUT2D eigenvalue weighted by atomic mass is 19.3. The average molecular weight is 388 g/mol. The van der Waals surface area contributed by atoms with Crippen LogP contribution in [0.4, 0.5) is 19.3 Å². The lowest BCUT2D eigenvalue weighted by Crippen LogP contribution is -2.35. The van der Waals surface area contributed by atoms with Crippen molar-refractivity contribution in [1.82, 2.24) is 14.9 Å². The smallest absolute Gasteiger partial charge is 0.387 e. The van der Waals surface area contributed by atoms with Crippen LogP contribution in [0.1, 0.15) is 12.7 Å². The van der Waals surface area contributed by atoms with Gasteiger partial charge in [-0.3, -0.25) is 4.79 Å². The number of anilines is 1. The molecule has 2 N–H and O–H groups in total. The van der Waals surface area contributed by atoms with Crippen molar-refractivity contribution in [1.29, 1.82) is 0 Å². The van der Waals surface area contributed by atoms with Crippen LogP contribution in [0.15, 0.2) is 53.3 Å². The van der Waals surface area contributed by atoms with E-state index in [0.29, 0.717) is 29.0 Å². The molecule has 0 aliphatic heterocycles. The summed E-state index contributed by atoms with van der Waals surface area (Å²) in [6.45, 7) is -0.755. The molecule has 146 valence electrons. The summed E-state index contributed by atoms with van der Waals surface area (Å²) in [5.41, 5.74) is 0.560. The van der Waals surface area contributed by atoms with Gasteiger partial charge in [-0.15, -0.1) is 0 Å². The Morgan fingerprint density at radius 2 is 2.04 bits per heavy atom. The highest BCUT2D eigenvalue weighted by Crippen LogP contribution is 2.20. The van der Waals surface area contributed by atoms with Crippen molar-refractivity contribution in [3.8, 4) is 5.75 Å². The van der Waals surface area contributed by atoms with Crippen LogP contribution in [0.25, 0.3) is 10.9 Å². The van der Waals surface area contributed by atoms with Crippen LogP contribution in [0, 0.1) is 0 Å². The number of hydrogen-bond donors (Lipinski definition) is 2. The Morgan fingerprint density at radius 1 is 1.25 bits per heavy atom. The molecule has 0 bridgehead atoms. The van der Waals surface area contributed by atoms with Gasteiger partial charge in [0, 0.05) is 18.3 Å². The number of H-pyrrole nitrogens is 1. The van der Waals surface area contributed by atoms with Crippen LogP contribution in [-0.4, -0.2) is 34.1 Å². The van der Waals surface area contributed by atoms with Gasteiger partial charge in [0.15, 0.2) is 0 Å². The first kappa shape index (κ1) is 19.3. The van der Waals surface area contributed by atoms with Gasteiger partial charge in [-0.25, -0.2) is 9.78 Å². The summed E-state index contributed by atoms with van der Waals surface area (Å²) >= 11 is 0. The van der Waals surface area contributed by atoms with E-state index in [0.717, 1.165) is 0 Å². The molecule has 0 spiro atoms. The van der Waals surface area contributed by atoms with E-state index in [1.165, 1.54) is 23.1 Å². The lowest BCUT2D eigenvalue weighted by atomic mass is 10.2. The van der Waals surface area contributed by atoms with Crippen molar-refractivity contribution in [2.75, 3.05) is 11.9 Å². The van der Waals surface area contributed by atoms with E-state index in [1.54, 1.807) is 37.3 Å². The third-order valence-corrected chi connectivity index (χ3v) is 3.98. The summed E-state index contributed by atoms with van der Waals surface area (Å²) in [5.74, 6) is 0.284. The van der Waals surface area contributed by atoms with Gasteiger partial charge in [0.2, 0.25) is 0 Å². The minimum absolute atomic E-state index is 0.0589. The van der Waals surface area contributed by atoms with Crippen LogP contribution in [-0.2, 0) is 6.54 Å². The molecule has 0 fully saturated rings. The van der Waals surface area contributed by atoms with Crippen molar-refractivity contribution in [3.63, 3.8) is 0 Å². The number of rotatable bonds is 6. The molecule has 2 amide bonds. The number of halogens is 2. The molecule has 2 aromatic carbocycles. The van der Waals surface area contributed by atoms with Gasteiger partial charge in [-0.1, -0.05) is 18.2 Å². The number of nitrogens with zero attached hydrogens (tertiary/aromatic N) is 2. The first-order chi connectivity index (χ1) is 13.5. The first-order valence-electron chi connectivity index (χ1n) is 8.55. The second kappa shape index (κ2) is 8.47.